The van der Waals surface area contributed by atoms with Crippen LogP contribution < -0.4 is 5.32 Å². The molecular formula is C16H21NO3. The molecule has 1 saturated heterocycles. The summed E-state index contributed by atoms with van der Waals surface area (Å²) in [6.45, 7) is 3.38. The Morgan fingerprint density at radius 3 is 2.90 bits per heavy atom. The number of hydrogen-bond donors (Lipinski definition) is 2. The van der Waals surface area contributed by atoms with Crippen molar-refractivity contribution in [1.82, 2.24) is 5.32 Å². The Morgan fingerprint density at radius 2 is 2.20 bits per heavy atom. The maximum Gasteiger partial charge on any atom is 0.244 e. The van der Waals surface area contributed by atoms with E-state index in [1.165, 1.54) is 6.08 Å². The molecule has 0 atom stereocenters. The average molecular weight is 275 g/mol. The van der Waals surface area contributed by atoms with E-state index in [9.17, 15) is 9.90 Å². The molecule has 0 aromatic heterocycles. The van der Waals surface area contributed by atoms with Crippen molar-refractivity contribution in [3.63, 3.8) is 0 Å². The lowest BCUT2D eigenvalue weighted by Gasteiger charge is -2.31. The van der Waals surface area contributed by atoms with Gasteiger partial charge in [-0.3, -0.25) is 4.79 Å². The van der Waals surface area contributed by atoms with Crippen molar-refractivity contribution < 1.29 is 14.6 Å². The number of ether oxygens (including phenoxy) is 1. The van der Waals surface area contributed by atoms with Crippen LogP contribution in [0.25, 0.3) is 6.08 Å². The highest BCUT2D eigenvalue weighted by molar-refractivity contribution is 5.91. The number of hydrogen-bond acceptors (Lipinski definition) is 3. The van der Waals surface area contributed by atoms with Gasteiger partial charge in [0.25, 0.3) is 0 Å². The van der Waals surface area contributed by atoms with Crippen LogP contribution in [0, 0.1) is 6.92 Å². The third-order valence-electron chi connectivity index (χ3n) is 3.48. The number of amides is 1. The minimum absolute atomic E-state index is 0.188. The van der Waals surface area contributed by atoms with Crippen molar-refractivity contribution in [1.29, 1.82) is 0 Å². The second-order valence-corrected chi connectivity index (χ2v) is 5.30. The third-order valence-corrected chi connectivity index (χ3v) is 3.48. The molecule has 0 saturated carbocycles. The molecule has 4 heteroatoms. The van der Waals surface area contributed by atoms with Crippen LogP contribution in [0.4, 0.5) is 0 Å². The highest BCUT2D eigenvalue weighted by Crippen LogP contribution is 2.19. The maximum atomic E-state index is 11.7. The van der Waals surface area contributed by atoms with Gasteiger partial charge < -0.3 is 15.2 Å². The van der Waals surface area contributed by atoms with Gasteiger partial charge >= 0.3 is 0 Å². The summed E-state index contributed by atoms with van der Waals surface area (Å²) in [5.41, 5.74) is 1.32. The van der Waals surface area contributed by atoms with Gasteiger partial charge in [0.15, 0.2) is 0 Å². The van der Waals surface area contributed by atoms with Gasteiger partial charge in [0.1, 0.15) is 0 Å². The molecule has 1 fully saturated rings. The second kappa shape index (κ2) is 6.68. The van der Waals surface area contributed by atoms with Gasteiger partial charge in [0.05, 0.1) is 5.60 Å². The van der Waals surface area contributed by atoms with Crippen molar-refractivity contribution >= 4 is 12.0 Å². The smallest absolute Gasteiger partial charge is 0.244 e. The molecule has 0 unspecified atom stereocenters. The second-order valence-electron chi connectivity index (χ2n) is 5.30. The Hall–Kier alpha value is -1.65. The molecule has 0 aliphatic carbocycles. The first-order valence-corrected chi connectivity index (χ1v) is 6.90. The summed E-state index contributed by atoms with van der Waals surface area (Å²) in [5.74, 6) is -0.188. The summed E-state index contributed by atoms with van der Waals surface area (Å²) in [6.07, 6.45) is 4.40. The zero-order valence-corrected chi connectivity index (χ0v) is 11.8. The summed E-state index contributed by atoms with van der Waals surface area (Å²) in [5, 5.41) is 13.0. The zero-order valence-electron chi connectivity index (χ0n) is 11.8. The lowest BCUT2D eigenvalue weighted by atomic mass is 9.94. The first kappa shape index (κ1) is 14.8. The SMILES string of the molecule is Cc1cccc(C=CC(=O)NCC2(O)CCOCC2)c1. The first-order chi connectivity index (χ1) is 9.57. The van der Waals surface area contributed by atoms with Crippen molar-refractivity contribution in [3.8, 4) is 0 Å². The lowest BCUT2D eigenvalue weighted by Crippen LogP contribution is -2.46. The quantitative estimate of drug-likeness (QED) is 0.822. The highest BCUT2D eigenvalue weighted by Gasteiger charge is 2.29. The van der Waals surface area contributed by atoms with Crippen LogP contribution in [0.3, 0.4) is 0 Å². The molecule has 2 N–H and O–H groups in total. The molecule has 1 aromatic carbocycles. The summed E-state index contributed by atoms with van der Waals surface area (Å²) in [7, 11) is 0. The van der Waals surface area contributed by atoms with Crippen LogP contribution >= 0.6 is 0 Å². The molecule has 0 spiro atoms. The van der Waals surface area contributed by atoms with Crippen LogP contribution in [0.15, 0.2) is 30.3 Å². The summed E-state index contributed by atoms with van der Waals surface area (Å²) in [4.78, 5) is 11.7. The number of nitrogens with one attached hydrogen (secondary N) is 1. The van der Waals surface area contributed by atoms with Gasteiger partial charge in [0.2, 0.25) is 5.91 Å². The molecule has 2 rings (SSSR count). The number of benzene rings is 1. The summed E-state index contributed by atoms with van der Waals surface area (Å²) < 4.78 is 5.20. The molecule has 0 radical (unpaired) electrons. The molecule has 1 aliphatic rings. The van der Waals surface area contributed by atoms with E-state index < -0.39 is 5.60 Å². The molecular weight excluding hydrogens is 254 g/mol. The van der Waals surface area contributed by atoms with E-state index in [0.29, 0.717) is 26.1 Å². The highest BCUT2D eigenvalue weighted by atomic mass is 16.5. The van der Waals surface area contributed by atoms with E-state index in [4.69, 9.17) is 4.74 Å². The molecule has 1 amide bonds. The van der Waals surface area contributed by atoms with Gasteiger partial charge in [0, 0.05) is 38.7 Å². The van der Waals surface area contributed by atoms with Crippen LogP contribution in [0.5, 0.6) is 0 Å². The van der Waals surface area contributed by atoms with Crippen molar-refractivity contribution in [2.45, 2.75) is 25.4 Å². The van der Waals surface area contributed by atoms with Crippen molar-refractivity contribution in [2.24, 2.45) is 0 Å². The number of carbonyl (C=O) groups is 1. The van der Waals surface area contributed by atoms with E-state index in [-0.39, 0.29) is 12.5 Å². The van der Waals surface area contributed by atoms with Crippen molar-refractivity contribution in [3.05, 3.63) is 41.5 Å². The Labute approximate surface area is 119 Å². The van der Waals surface area contributed by atoms with Crippen LogP contribution in [0.1, 0.15) is 24.0 Å². The minimum atomic E-state index is -0.828. The Morgan fingerprint density at radius 1 is 1.45 bits per heavy atom. The molecule has 1 heterocycles. The van der Waals surface area contributed by atoms with Gasteiger partial charge in [-0.2, -0.15) is 0 Å². The average Bonchev–Trinajstić information content (AvgIpc) is 2.44. The summed E-state index contributed by atoms with van der Waals surface area (Å²) in [6, 6.07) is 7.92. The monoisotopic (exact) mass is 275 g/mol. The molecule has 108 valence electrons. The van der Waals surface area contributed by atoms with E-state index in [2.05, 4.69) is 5.32 Å². The van der Waals surface area contributed by atoms with E-state index in [1.807, 2.05) is 31.2 Å². The first-order valence-electron chi connectivity index (χ1n) is 6.90. The fourth-order valence-corrected chi connectivity index (χ4v) is 2.18. The zero-order chi connectivity index (χ0) is 14.4. The minimum Gasteiger partial charge on any atom is -0.388 e. The number of aliphatic hydroxyl groups is 1. The van der Waals surface area contributed by atoms with Crippen molar-refractivity contribution in [2.75, 3.05) is 19.8 Å². The Balaban J connectivity index is 1.83. The Bertz CT molecular complexity index is 490. The number of carbonyl (C=O) groups excluding carboxylic acids is 1. The molecule has 1 aliphatic heterocycles. The van der Waals surface area contributed by atoms with Gasteiger partial charge in [-0.15, -0.1) is 0 Å². The third kappa shape index (κ3) is 4.47. The van der Waals surface area contributed by atoms with E-state index in [0.717, 1.165) is 11.1 Å². The predicted molar refractivity (Wildman–Crippen MR) is 78.2 cm³/mol. The normalized spacial score (nSPS) is 18.1. The van der Waals surface area contributed by atoms with Crippen LogP contribution in [0.2, 0.25) is 0 Å². The molecule has 1 aromatic rings. The number of aryl methyl sites for hydroxylation is 1. The maximum absolute atomic E-state index is 11.7. The van der Waals surface area contributed by atoms with Gasteiger partial charge in [-0.25, -0.2) is 0 Å². The summed E-state index contributed by atoms with van der Waals surface area (Å²) >= 11 is 0. The van der Waals surface area contributed by atoms with Gasteiger partial charge in [-0.05, 0) is 18.6 Å². The Kier molecular flexibility index (Phi) is 4.93. The van der Waals surface area contributed by atoms with Crippen LogP contribution in [-0.2, 0) is 9.53 Å². The molecule has 4 nitrogen and oxygen atoms in total. The fourth-order valence-electron chi connectivity index (χ4n) is 2.18. The van der Waals surface area contributed by atoms with E-state index in [1.54, 1.807) is 6.08 Å². The standard InChI is InChI=1S/C16H21NO3/c1-13-3-2-4-14(11-13)5-6-15(18)17-12-16(19)7-9-20-10-8-16/h2-6,11,19H,7-10,12H2,1H3,(H,17,18). The molecule has 0 bridgehead atoms. The van der Waals surface area contributed by atoms with Crippen LogP contribution in [-0.4, -0.2) is 36.4 Å². The fraction of sp³-hybridized carbons (Fsp3) is 0.438. The largest absolute Gasteiger partial charge is 0.388 e. The topological polar surface area (TPSA) is 58.6 Å². The lowest BCUT2D eigenvalue weighted by molar-refractivity contribution is -0.119. The predicted octanol–water partition coefficient (Wildman–Crippen LogP) is 1.67. The number of rotatable bonds is 4. The van der Waals surface area contributed by atoms with E-state index >= 15 is 0 Å². The molecule has 20 heavy (non-hydrogen) atoms. The van der Waals surface area contributed by atoms with Gasteiger partial charge in [-0.1, -0.05) is 29.8 Å².